The number of halogens is 1. The molecule has 0 unspecified atom stereocenters. The Morgan fingerprint density at radius 2 is 1.88 bits per heavy atom. The fourth-order valence-electron chi connectivity index (χ4n) is 2.42. The first-order valence-electron chi connectivity index (χ1n) is 7.46. The molecule has 0 fully saturated rings. The molecule has 0 bridgehead atoms. The molecule has 1 amide bonds. The van der Waals surface area contributed by atoms with E-state index in [9.17, 15) is 14.9 Å². The summed E-state index contributed by atoms with van der Waals surface area (Å²) in [7, 11) is 0. The SMILES string of the molecule is Cc1c(NC(=O)c2ccc(C(C)(C)C)c(Br)c2)cccc1[N+](=O)[O-]. The molecule has 0 aliphatic rings. The van der Waals surface area contributed by atoms with Crippen LogP contribution in [-0.2, 0) is 5.41 Å². The third-order valence-corrected chi connectivity index (χ3v) is 4.45. The third-order valence-electron chi connectivity index (χ3n) is 3.79. The summed E-state index contributed by atoms with van der Waals surface area (Å²) in [5, 5.41) is 13.7. The maximum atomic E-state index is 12.5. The van der Waals surface area contributed by atoms with Crippen LogP contribution in [0.5, 0.6) is 0 Å². The van der Waals surface area contributed by atoms with E-state index in [4.69, 9.17) is 0 Å². The quantitative estimate of drug-likeness (QED) is 0.576. The van der Waals surface area contributed by atoms with Gasteiger partial charge in [0.05, 0.1) is 16.2 Å². The molecule has 0 radical (unpaired) electrons. The number of amides is 1. The van der Waals surface area contributed by atoms with Crippen molar-refractivity contribution in [3.8, 4) is 0 Å². The molecule has 0 aliphatic carbocycles. The van der Waals surface area contributed by atoms with Crippen molar-refractivity contribution < 1.29 is 9.72 Å². The Hall–Kier alpha value is -2.21. The number of anilines is 1. The molecule has 6 heteroatoms. The summed E-state index contributed by atoms with van der Waals surface area (Å²) in [6.45, 7) is 7.91. The van der Waals surface area contributed by atoms with E-state index in [1.165, 1.54) is 6.07 Å². The molecule has 24 heavy (non-hydrogen) atoms. The van der Waals surface area contributed by atoms with E-state index in [0.717, 1.165) is 10.0 Å². The second-order valence-corrected chi connectivity index (χ2v) is 7.46. The Kier molecular flexibility index (Phi) is 5.08. The van der Waals surface area contributed by atoms with Crippen molar-refractivity contribution in [1.82, 2.24) is 0 Å². The average molecular weight is 391 g/mol. The molecule has 0 aromatic heterocycles. The first kappa shape index (κ1) is 18.1. The minimum atomic E-state index is -0.459. The molecule has 0 saturated carbocycles. The highest BCUT2D eigenvalue weighted by Gasteiger charge is 2.19. The Morgan fingerprint density at radius 1 is 1.21 bits per heavy atom. The van der Waals surface area contributed by atoms with Crippen molar-refractivity contribution in [3.63, 3.8) is 0 Å². The molecule has 2 aromatic rings. The molecule has 0 aliphatic heterocycles. The first-order valence-corrected chi connectivity index (χ1v) is 8.26. The van der Waals surface area contributed by atoms with E-state index in [2.05, 4.69) is 42.0 Å². The molecule has 2 rings (SSSR count). The first-order chi connectivity index (χ1) is 11.1. The van der Waals surface area contributed by atoms with Gasteiger partial charge in [-0.05, 0) is 36.1 Å². The molecule has 1 N–H and O–H groups in total. The summed E-state index contributed by atoms with van der Waals surface area (Å²) >= 11 is 3.51. The molecule has 0 atom stereocenters. The van der Waals surface area contributed by atoms with Crippen molar-refractivity contribution in [1.29, 1.82) is 0 Å². The second kappa shape index (κ2) is 6.73. The van der Waals surface area contributed by atoms with Gasteiger partial charge in [0.1, 0.15) is 0 Å². The maximum Gasteiger partial charge on any atom is 0.274 e. The molecule has 0 heterocycles. The van der Waals surface area contributed by atoms with E-state index in [0.29, 0.717) is 16.8 Å². The minimum absolute atomic E-state index is 0.0166. The highest BCUT2D eigenvalue weighted by atomic mass is 79.9. The number of nitrogens with zero attached hydrogens (tertiary/aromatic N) is 1. The Bertz CT molecular complexity index is 810. The molecule has 2 aromatic carbocycles. The van der Waals surface area contributed by atoms with E-state index >= 15 is 0 Å². The van der Waals surface area contributed by atoms with E-state index < -0.39 is 4.92 Å². The monoisotopic (exact) mass is 390 g/mol. The number of nitro groups is 1. The van der Waals surface area contributed by atoms with Gasteiger partial charge in [-0.2, -0.15) is 0 Å². The second-order valence-electron chi connectivity index (χ2n) is 6.61. The highest BCUT2D eigenvalue weighted by molar-refractivity contribution is 9.10. The molecule has 0 saturated heterocycles. The fraction of sp³-hybridized carbons (Fsp3) is 0.278. The number of benzene rings is 2. The van der Waals surface area contributed by atoms with Crippen molar-refractivity contribution in [2.24, 2.45) is 0 Å². The summed E-state index contributed by atoms with van der Waals surface area (Å²) in [5.41, 5.74) is 2.40. The van der Waals surface area contributed by atoms with Gasteiger partial charge in [0.25, 0.3) is 11.6 Å². The number of hydrogen-bond acceptors (Lipinski definition) is 3. The van der Waals surface area contributed by atoms with E-state index in [-0.39, 0.29) is 17.0 Å². The predicted octanol–water partition coefficient (Wildman–Crippen LogP) is 5.22. The van der Waals surface area contributed by atoms with Gasteiger partial charge in [0.15, 0.2) is 0 Å². The Morgan fingerprint density at radius 3 is 2.42 bits per heavy atom. The van der Waals surface area contributed by atoms with Gasteiger partial charge in [0.2, 0.25) is 0 Å². The fourth-order valence-corrected chi connectivity index (χ4v) is 3.39. The third kappa shape index (κ3) is 3.82. The number of rotatable bonds is 3. The number of hydrogen-bond donors (Lipinski definition) is 1. The number of nitrogens with one attached hydrogen (secondary N) is 1. The van der Waals surface area contributed by atoms with E-state index in [1.807, 2.05) is 6.07 Å². The standard InChI is InChI=1S/C18H19BrN2O3/c1-11-15(6-5-7-16(11)21(23)24)20-17(22)12-8-9-13(14(19)10-12)18(2,3)4/h5-10H,1-4H3,(H,20,22). The summed E-state index contributed by atoms with van der Waals surface area (Å²) in [4.78, 5) is 23.0. The van der Waals surface area contributed by atoms with Crippen LogP contribution in [0, 0.1) is 17.0 Å². The topological polar surface area (TPSA) is 72.2 Å². The van der Waals surface area contributed by atoms with Crippen molar-refractivity contribution in [3.05, 3.63) is 67.7 Å². The zero-order chi connectivity index (χ0) is 18.1. The zero-order valence-electron chi connectivity index (χ0n) is 14.0. The molecular weight excluding hydrogens is 372 g/mol. The smallest absolute Gasteiger partial charge is 0.274 e. The zero-order valence-corrected chi connectivity index (χ0v) is 15.6. The van der Waals surface area contributed by atoms with Crippen LogP contribution in [0.4, 0.5) is 11.4 Å². The van der Waals surface area contributed by atoms with Crippen molar-refractivity contribution >= 4 is 33.2 Å². The van der Waals surface area contributed by atoms with Gasteiger partial charge < -0.3 is 5.32 Å². The number of nitro benzene ring substituents is 1. The van der Waals surface area contributed by atoms with Gasteiger partial charge >= 0.3 is 0 Å². The average Bonchev–Trinajstić information content (AvgIpc) is 2.47. The summed E-state index contributed by atoms with van der Waals surface area (Å²) in [5.74, 6) is -0.306. The van der Waals surface area contributed by atoms with Crippen LogP contribution >= 0.6 is 15.9 Å². The largest absolute Gasteiger partial charge is 0.321 e. The van der Waals surface area contributed by atoms with Crippen LogP contribution in [-0.4, -0.2) is 10.8 Å². The Labute approximate surface area is 149 Å². The van der Waals surface area contributed by atoms with Gasteiger partial charge in [-0.25, -0.2) is 0 Å². The lowest BCUT2D eigenvalue weighted by atomic mass is 9.86. The van der Waals surface area contributed by atoms with E-state index in [1.54, 1.807) is 31.2 Å². The lowest BCUT2D eigenvalue weighted by Crippen LogP contribution is -2.16. The van der Waals surface area contributed by atoms with Gasteiger partial charge in [-0.3, -0.25) is 14.9 Å². The van der Waals surface area contributed by atoms with Crippen LogP contribution in [0.3, 0.4) is 0 Å². The minimum Gasteiger partial charge on any atom is -0.321 e. The lowest BCUT2D eigenvalue weighted by molar-refractivity contribution is -0.385. The van der Waals surface area contributed by atoms with Crippen LogP contribution in [0.2, 0.25) is 0 Å². The van der Waals surface area contributed by atoms with Crippen molar-refractivity contribution in [2.45, 2.75) is 33.1 Å². The highest BCUT2D eigenvalue weighted by Crippen LogP contribution is 2.31. The van der Waals surface area contributed by atoms with Crippen LogP contribution in [0.15, 0.2) is 40.9 Å². The van der Waals surface area contributed by atoms with Gasteiger partial charge in [0, 0.05) is 16.1 Å². The molecule has 126 valence electrons. The van der Waals surface area contributed by atoms with Crippen LogP contribution in [0.1, 0.15) is 42.3 Å². The van der Waals surface area contributed by atoms with Crippen molar-refractivity contribution in [2.75, 3.05) is 5.32 Å². The van der Waals surface area contributed by atoms with Crippen LogP contribution < -0.4 is 5.32 Å². The van der Waals surface area contributed by atoms with Crippen LogP contribution in [0.25, 0.3) is 0 Å². The normalized spacial score (nSPS) is 11.2. The summed E-state index contributed by atoms with van der Waals surface area (Å²) in [6, 6.07) is 10.1. The van der Waals surface area contributed by atoms with Gasteiger partial charge in [-0.1, -0.05) is 48.8 Å². The van der Waals surface area contributed by atoms with Gasteiger partial charge in [-0.15, -0.1) is 0 Å². The molecule has 5 nitrogen and oxygen atoms in total. The Balaban J connectivity index is 2.30. The summed E-state index contributed by atoms with van der Waals surface area (Å²) in [6.07, 6.45) is 0. The predicted molar refractivity (Wildman–Crippen MR) is 98.6 cm³/mol. The number of carbonyl (C=O) groups is 1. The summed E-state index contributed by atoms with van der Waals surface area (Å²) < 4.78 is 0.860. The number of carbonyl (C=O) groups excluding carboxylic acids is 1. The molecular formula is C18H19BrN2O3. The lowest BCUT2D eigenvalue weighted by Gasteiger charge is -2.21. The maximum absolute atomic E-state index is 12.5. The molecule has 0 spiro atoms.